The zero-order valence-electron chi connectivity index (χ0n) is 14.4. The minimum Gasteiger partial charge on any atom is -0.480 e. The van der Waals surface area contributed by atoms with Crippen LogP contribution in [0.5, 0.6) is 0 Å². The van der Waals surface area contributed by atoms with Gasteiger partial charge in [-0.15, -0.1) is 0 Å². The van der Waals surface area contributed by atoms with E-state index in [-0.39, 0.29) is 12.2 Å². The van der Waals surface area contributed by atoms with E-state index in [0.29, 0.717) is 0 Å². The maximum Gasteiger partial charge on any atom is 0.328 e. The molecule has 1 heterocycles. The van der Waals surface area contributed by atoms with Gasteiger partial charge >= 0.3 is 5.97 Å². The van der Waals surface area contributed by atoms with Crippen molar-refractivity contribution >= 4 is 41.3 Å². The van der Waals surface area contributed by atoms with Crippen molar-refractivity contribution in [1.82, 2.24) is 15.6 Å². The van der Waals surface area contributed by atoms with Crippen LogP contribution in [0.25, 0.3) is 10.9 Å². The number of fused-ring (bicyclic) bond motifs is 1. The number of nitrogens with one attached hydrogen (secondary N) is 3. The van der Waals surface area contributed by atoms with Crippen LogP contribution in [-0.4, -0.2) is 63.5 Å². The zero-order valence-corrected chi connectivity index (χ0v) is 15.3. The van der Waals surface area contributed by atoms with Crippen molar-refractivity contribution in [3.05, 3.63) is 36.0 Å². The molecule has 2 aromatic rings. The molecule has 0 aliphatic heterocycles. The van der Waals surface area contributed by atoms with Gasteiger partial charge < -0.3 is 31.6 Å². The number of thiol groups is 1. The van der Waals surface area contributed by atoms with Gasteiger partial charge in [0.25, 0.3) is 0 Å². The monoisotopic (exact) mass is 394 g/mol. The fourth-order valence-corrected chi connectivity index (χ4v) is 2.82. The van der Waals surface area contributed by atoms with E-state index in [4.69, 9.17) is 15.9 Å². The Labute approximate surface area is 160 Å². The first-order valence-corrected chi connectivity index (χ1v) is 8.86. The van der Waals surface area contributed by atoms with Crippen molar-refractivity contribution in [3.63, 3.8) is 0 Å². The maximum absolute atomic E-state index is 12.3. The molecule has 0 bridgehead atoms. The third kappa shape index (κ3) is 5.22. The Balaban J connectivity index is 1.98. The topological polar surface area (TPSA) is 158 Å². The van der Waals surface area contributed by atoms with Gasteiger partial charge in [0.1, 0.15) is 12.1 Å². The summed E-state index contributed by atoms with van der Waals surface area (Å²) in [5, 5.41) is 23.4. The van der Waals surface area contributed by atoms with E-state index < -0.39 is 42.5 Å². The smallest absolute Gasteiger partial charge is 0.328 e. The molecule has 10 heteroatoms. The lowest BCUT2D eigenvalue weighted by Gasteiger charge is -2.21. The molecule has 1 aromatic carbocycles. The van der Waals surface area contributed by atoms with Crippen LogP contribution in [0.4, 0.5) is 0 Å². The number of carboxylic acid groups (broad SMARTS) is 1. The van der Waals surface area contributed by atoms with Gasteiger partial charge in [-0.25, -0.2) is 4.79 Å². The highest BCUT2D eigenvalue weighted by molar-refractivity contribution is 7.80. The molecule has 1 aromatic heterocycles. The summed E-state index contributed by atoms with van der Waals surface area (Å²) in [6.07, 6.45) is 2.03. The first-order chi connectivity index (χ1) is 12.9. The van der Waals surface area contributed by atoms with Crippen molar-refractivity contribution in [3.8, 4) is 0 Å². The molecule has 2 amide bonds. The Bertz CT molecular complexity index is 825. The van der Waals surface area contributed by atoms with Gasteiger partial charge in [0.15, 0.2) is 0 Å². The number of carboxylic acids is 1. The van der Waals surface area contributed by atoms with Gasteiger partial charge in [0.05, 0.1) is 12.6 Å². The van der Waals surface area contributed by atoms with E-state index in [1.165, 1.54) is 0 Å². The average Bonchev–Trinajstić information content (AvgIpc) is 3.06. The fourth-order valence-electron chi connectivity index (χ4n) is 2.56. The summed E-state index contributed by atoms with van der Waals surface area (Å²) in [5.74, 6) is -2.77. The van der Waals surface area contributed by atoms with Crippen LogP contribution in [0.3, 0.4) is 0 Å². The summed E-state index contributed by atoms with van der Waals surface area (Å²) >= 11 is 4.01. The first kappa shape index (κ1) is 20.7. The molecule has 27 heavy (non-hydrogen) atoms. The van der Waals surface area contributed by atoms with Gasteiger partial charge in [0.2, 0.25) is 11.8 Å². The lowest BCUT2D eigenvalue weighted by atomic mass is 10.0. The second kappa shape index (κ2) is 9.40. The normalized spacial score (nSPS) is 14.3. The lowest BCUT2D eigenvalue weighted by Crippen LogP contribution is -2.56. The molecule has 3 atom stereocenters. The second-order valence-corrected chi connectivity index (χ2v) is 6.36. The third-order valence-corrected chi connectivity index (χ3v) is 4.43. The summed E-state index contributed by atoms with van der Waals surface area (Å²) in [5.41, 5.74) is 7.76. The summed E-state index contributed by atoms with van der Waals surface area (Å²) < 4.78 is 0. The molecule has 0 spiro atoms. The molecular formula is C17H22N4O5S. The molecule has 146 valence electrons. The van der Waals surface area contributed by atoms with Crippen molar-refractivity contribution < 1.29 is 24.6 Å². The molecule has 7 N–H and O–H groups in total. The summed E-state index contributed by atoms with van der Waals surface area (Å²) in [7, 11) is 0. The van der Waals surface area contributed by atoms with Crippen molar-refractivity contribution in [2.45, 2.75) is 24.5 Å². The van der Waals surface area contributed by atoms with Crippen LogP contribution in [0.1, 0.15) is 5.56 Å². The number of aliphatic carboxylic acids is 1. The number of aromatic nitrogens is 1. The van der Waals surface area contributed by atoms with E-state index >= 15 is 0 Å². The number of amides is 2. The fraction of sp³-hybridized carbons (Fsp3) is 0.353. The third-order valence-electron chi connectivity index (χ3n) is 4.06. The molecule has 9 nitrogen and oxygen atoms in total. The molecule has 0 saturated carbocycles. The van der Waals surface area contributed by atoms with Crippen molar-refractivity contribution in [1.29, 1.82) is 0 Å². The van der Waals surface area contributed by atoms with Crippen LogP contribution < -0.4 is 16.4 Å². The minimum atomic E-state index is -1.46. The van der Waals surface area contributed by atoms with Crippen LogP contribution in [-0.2, 0) is 20.8 Å². The number of H-pyrrole nitrogens is 1. The average molecular weight is 394 g/mol. The highest BCUT2D eigenvalue weighted by atomic mass is 32.1. The van der Waals surface area contributed by atoms with Crippen LogP contribution in [0.2, 0.25) is 0 Å². The number of para-hydroxylation sites is 1. The molecular weight excluding hydrogens is 372 g/mol. The summed E-state index contributed by atoms with van der Waals surface area (Å²) in [6.45, 7) is -0.769. The first-order valence-electron chi connectivity index (χ1n) is 8.23. The number of aliphatic hydroxyl groups is 1. The highest BCUT2D eigenvalue weighted by Crippen LogP contribution is 2.18. The van der Waals surface area contributed by atoms with E-state index in [9.17, 15) is 14.4 Å². The van der Waals surface area contributed by atoms with Gasteiger partial charge in [-0.3, -0.25) is 9.59 Å². The number of carbonyl (C=O) groups excluding carboxylic acids is 2. The van der Waals surface area contributed by atoms with Crippen molar-refractivity contribution in [2.75, 3.05) is 12.4 Å². The van der Waals surface area contributed by atoms with E-state index in [0.717, 1.165) is 16.5 Å². The Kier molecular flexibility index (Phi) is 7.22. The highest BCUT2D eigenvalue weighted by Gasteiger charge is 2.27. The Hall–Kier alpha value is -2.56. The molecule has 2 rings (SSSR count). The molecule has 0 saturated heterocycles. The molecule has 0 aliphatic rings. The predicted molar refractivity (Wildman–Crippen MR) is 102 cm³/mol. The van der Waals surface area contributed by atoms with E-state index in [1.807, 2.05) is 24.3 Å². The van der Waals surface area contributed by atoms with Gasteiger partial charge in [0, 0.05) is 22.9 Å². The van der Waals surface area contributed by atoms with Gasteiger partial charge in [-0.1, -0.05) is 18.2 Å². The number of aromatic amines is 1. The summed E-state index contributed by atoms with van der Waals surface area (Å²) in [6, 6.07) is 4.14. The SMILES string of the molecule is NC(Cc1c[nH]c2ccccc12)C(=O)NC(CS)C(=O)NC(CO)C(=O)O. The maximum atomic E-state index is 12.3. The zero-order chi connectivity index (χ0) is 20.0. The van der Waals surface area contributed by atoms with Gasteiger partial charge in [-0.05, 0) is 18.1 Å². The van der Waals surface area contributed by atoms with Crippen LogP contribution >= 0.6 is 12.6 Å². The number of hydrogen-bond donors (Lipinski definition) is 7. The van der Waals surface area contributed by atoms with Gasteiger partial charge in [-0.2, -0.15) is 12.6 Å². The van der Waals surface area contributed by atoms with E-state index in [1.54, 1.807) is 6.20 Å². The standard InChI is InChI=1S/C17H22N4O5S/c18-11(5-9-6-19-12-4-2-1-3-10(9)12)15(23)21-14(8-27)16(24)20-13(7-22)17(25)26/h1-4,6,11,13-14,19,22,27H,5,7-8,18H2,(H,20,24)(H,21,23)(H,25,26). The number of rotatable bonds is 9. The lowest BCUT2D eigenvalue weighted by molar-refractivity contribution is -0.143. The number of nitrogens with two attached hydrogens (primary N) is 1. The van der Waals surface area contributed by atoms with Crippen LogP contribution in [0.15, 0.2) is 30.5 Å². The number of carbonyl (C=O) groups is 3. The van der Waals surface area contributed by atoms with E-state index in [2.05, 4.69) is 28.2 Å². The molecule has 0 radical (unpaired) electrons. The Morgan fingerprint density at radius 2 is 1.81 bits per heavy atom. The largest absolute Gasteiger partial charge is 0.480 e. The molecule has 0 fully saturated rings. The number of hydrogen-bond acceptors (Lipinski definition) is 6. The number of aliphatic hydroxyl groups excluding tert-OH is 1. The molecule has 3 unspecified atom stereocenters. The second-order valence-electron chi connectivity index (χ2n) is 6.00. The predicted octanol–water partition coefficient (Wildman–Crippen LogP) is -0.986. The van der Waals surface area contributed by atoms with Crippen molar-refractivity contribution in [2.24, 2.45) is 5.73 Å². The minimum absolute atomic E-state index is 0.0604. The Morgan fingerprint density at radius 3 is 2.44 bits per heavy atom. The molecule has 0 aliphatic carbocycles. The Morgan fingerprint density at radius 1 is 1.15 bits per heavy atom. The quantitative estimate of drug-likeness (QED) is 0.271. The summed E-state index contributed by atoms with van der Waals surface area (Å²) in [4.78, 5) is 38.4. The van der Waals surface area contributed by atoms with Crippen LogP contribution in [0, 0.1) is 0 Å². The number of benzene rings is 1.